The highest BCUT2D eigenvalue weighted by molar-refractivity contribution is 7.99. The maximum absolute atomic E-state index is 12.0. The molecule has 3 rings (SSSR count). The van der Waals surface area contributed by atoms with E-state index < -0.39 is 5.91 Å². The number of carbonyl (C=O) groups is 2. The van der Waals surface area contributed by atoms with Crippen molar-refractivity contribution >= 4 is 40.6 Å². The van der Waals surface area contributed by atoms with Crippen LogP contribution in [0.25, 0.3) is 10.7 Å². The number of nitrogens with one attached hydrogen (secondary N) is 2. The molecule has 3 aromatic rings. The molecule has 0 aliphatic heterocycles. The minimum Gasteiger partial charge on any atom is -0.366 e. The number of benzene rings is 1. The van der Waals surface area contributed by atoms with Gasteiger partial charge in [-0.2, -0.15) is 0 Å². The molecule has 24 heavy (non-hydrogen) atoms. The first-order chi connectivity index (χ1) is 11.6. The molecule has 0 saturated carbocycles. The summed E-state index contributed by atoms with van der Waals surface area (Å²) in [6.07, 6.45) is 0. The Kier molecular flexibility index (Phi) is 4.92. The van der Waals surface area contributed by atoms with E-state index in [2.05, 4.69) is 20.5 Å². The van der Waals surface area contributed by atoms with E-state index in [1.165, 1.54) is 11.8 Å². The highest BCUT2D eigenvalue weighted by Crippen LogP contribution is 2.23. The number of hydrogen-bond donors (Lipinski definition) is 3. The monoisotopic (exact) mass is 359 g/mol. The van der Waals surface area contributed by atoms with Crippen LogP contribution in [-0.4, -0.2) is 32.7 Å². The highest BCUT2D eigenvalue weighted by atomic mass is 32.2. The molecule has 7 nitrogen and oxygen atoms in total. The van der Waals surface area contributed by atoms with E-state index in [-0.39, 0.29) is 17.2 Å². The summed E-state index contributed by atoms with van der Waals surface area (Å²) in [5, 5.41) is 12.0. The summed E-state index contributed by atoms with van der Waals surface area (Å²) >= 11 is 2.76. The van der Waals surface area contributed by atoms with Crippen molar-refractivity contribution in [3.8, 4) is 10.7 Å². The predicted molar refractivity (Wildman–Crippen MR) is 94.0 cm³/mol. The molecule has 0 aliphatic rings. The molecule has 122 valence electrons. The lowest BCUT2D eigenvalue weighted by Gasteiger charge is -2.07. The van der Waals surface area contributed by atoms with Gasteiger partial charge in [-0.3, -0.25) is 14.7 Å². The van der Waals surface area contributed by atoms with Gasteiger partial charge in [0, 0.05) is 0 Å². The van der Waals surface area contributed by atoms with Gasteiger partial charge in [0.05, 0.1) is 21.9 Å². The van der Waals surface area contributed by atoms with Crippen molar-refractivity contribution in [1.82, 2.24) is 15.2 Å². The van der Waals surface area contributed by atoms with Gasteiger partial charge in [0.2, 0.25) is 11.1 Å². The zero-order chi connectivity index (χ0) is 16.9. The second kappa shape index (κ2) is 7.28. The molecule has 2 amide bonds. The molecular weight excluding hydrogens is 346 g/mol. The van der Waals surface area contributed by atoms with Crippen LogP contribution in [0.5, 0.6) is 0 Å². The average molecular weight is 359 g/mol. The first-order valence-electron chi connectivity index (χ1n) is 6.91. The first kappa shape index (κ1) is 16.2. The topological polar surface area (TPSA) is 114 Å². The number of thioether (sulfide) groups is 1. The van der Waals surface area contributed by atoms with Crippen molar-refractivity contribution in [2.45, 2.75) is 5.16 Å². The van der Waals surface area contributed by atoms with Crippen LogP contribution in [0.4, 0.5) is 5.69 Å². The van der Waals surface area contributed by atoms with Crippen LogP contribution < -0.4 is 11.1 Å². The Morgan fingerprint density at radius 1 is 1.25 bits per heavy atom. The molecule has 0 radical (unpaired) electrons. The third-order valence-electron chi connectivity index (χ3n) is 3.02. The number of carbonyl (C=O) groups excluding carboxylic acids is 2. The number of primary amides is 1. The van der Waals surface area contributed by atoms with Crippen LogP contribution in [0.1, 0.15) is 10.4 Å². The van der Waals surface area contributed by atoms with E-state index in [1.54, 1.807) is 35.6 Å². The van der Waals surface area contributed by atoms with E-state index in [1.807, 2.05) is 17.5 Å². The molecule has 0 unspecified atom stereocenters. The van der Waals surface area contributed by atoms with Crippen LogP contribution in [0, 0.1) is 0 Å². The molecule has 0 saturated heterocycles. The summed E-state index contributed by atoms with van der Waals surface area (Å²) in [5.41, 5.74) is 5.95. The minimum absolute atomic E-state index is 0.120. The summed E-state index contributed by atoms with van der Waals surface area (Å²) < 4.78 is 0. The fraction of sp³-hybridized carbons (Fsp3) is 0.0667. The average Bonchev–Trinajstić information content (AvgIpc) is 3.24. The van der Waals surface area contributed by atoms with E-state index in [0.717, 1.165) is 4.88 Å². The van der Waals surface area contributed by atoms with E-state index in [4.69, 9.17) is 5.73 Å². The molecule has 0 aliphatic carbocycles. The number of anilines is 1. The van der Waals surface area contributed by atoms with Gasteiger partial charge in [0.15, 0.2) is 5.82 Å². The fourth-order valence-corrected chi connectivity index (χ4v) is 3.22. The largest absolute Gasteiger partial charge is 0.366 e. The second-order valence-electron chi connectivity index (χ2n) is 4.69. The van der Waals surface area contributed by atoms with Crippen molar-refractivity contribution in [2.24, 2.45) is 5.73 Å². The summed E-state index contributed by atoms with van der Waals surface area (Å²) in [6.45, 7) is 0. The number of nitrogens with zero attached hydrogens (tertiary/aromatic N) is 2. The van der Waals surface area contributed by atoms with E-state index >= 15 is 0 Å². The van der Waals surface area contributed by atoms with E-state index in [0.29, 0.717) is 16.7 Å². The van der Waals surface area contributed by atoms with Crippen LogP contribution in [0.3, 0.4) is 0 Å². The maximum Gasteiger partial charge on any atom is 0.250 e. The third-order valence-corrected chi connectivity index (χ3v) is 4.74. The van der Waals surface area contributed by atoms with Crippen LogP contribution in [0.2, 0.25) is 0 Å². The van der Waals surface area contributed by atoms with Crippen molar-refractivity contribution in [3.63, 3.8) is 0 Å². The Balaban J connectivity index is 1.59. The van der Waals surface area contributed by atoms with Gasteiger partial charge in [-0.15, -0.1) is 16.4 Å². The Morgan fingerprint density at radius 3 is 2.83 bits per heavy atom. The Labute approximate surface area is 145 Å². The quantitative estimate of drug-likeness (QED) is 0.585. The number of para-hydroxylation sites is 1. The summed E-state index contributed by atoms with van der Waals surface area (Å²) in [7, 11) is 0. The van der Waals surface area contributed by atoms with Gasteiger partial charge in [-0.1, -0.05) is 30.0 Å². The number of aromatic amines is 1. The number of amides is 2. The lowest BCUT2D eigenvalue weighted by molar-refractivity contribution is -0.113. The maximum atomic E-state index is 12.0. The van der Waals surface area contributed by atoms with Crippen molar-refractivity contribution in [3.05, 3.63) is 47.3 Å². The molecule has 0 spiro atoms. The zero-order valence-corrected chi connectivity index (χ0v) is 14.0. The highest BCUT2D eigenvalue weighted by Gasteiger charge is 2.12. The second-order valence-corrected chi connectivity index (χ2v) is 6.58. The van der Waals surface area contributed by atoms with Gasteiger partial charge < -0.3 is 11.1 Å². The van der Waals surface area contributed by atoms with Gasteiger partial charge >= 0.3 is 0 Å². The van der Waals surface area contributed by atoms with Crippen molar-refractivity contribution in [2.75, 3.05) is 11.1 Å². The summed E-state index contributed by atoms with van der Waals surface area (Å²) in [4.78, 5) is 28.7. The number of nitrogens with two attached hydrogens (primary N) is 1. The molecule has 4 N–H and O–H groups in total. The Bertz CT molecular complexity index is 860. The number of hydrogen-bond acceptors (Lipinski definition) is 6. The lowest BCUT2D eigenvalue weighted by Crippen LogP contribution is -2.19. The molecule has 0 bridgehead atoms. The van der Waals surface area contributed by atoms with Gasteiger partial charge in [0.1, 0.15) is 0 Å². The minimum atomic E-state index is -0.590. The summed E-state index contributed by atoms with van der Waals surface area (Å²) in [6, 6.07) is 10.5. The van der Waals surface area contributed by atoms with Gasteiger partial charge in [0.25, 0.3) is 5.91 Å². The number of thiophene rings is 1. The molecule has 2 aromatic heterocycles. The number of rotatable bonds is 6. The molecule has 2 heterocycles. The van der Waals surface area contributed by atoms with Crippen molar-refractivity contribution in [1.29, 1.82) is 0 Å². The van der Waals surface area contributed by atoms with E-state index in [9.17, 15) is 9.59 Å². The molecule has 1 aromatic carbocycles. The normalized spacial score (nSPS) is 10.5. The summed E-state index contributed by atoms with van der Waals surface area (Å²) in [5.74, 6) is -0.0641. The van der Waals surface area contributed by atoms with Gasteiger partial charge in [-0.25, -0.2) is 4.98 Å². The molecular formula is C15H13N5O2S2. The third kappa shape index (κ3) is 3.81. The SMILES string of the molecule is NC(=O)c1ccccc1NC(=O)CSc1n[nH]c(-c2cccs2)n1. The lowest BCUT2D eigenvalue weighted by atomic mass is 10.1. The Hall–Kier alpha value is -2.65. The smallest absolute Gasteiger partial charge is 0.250 e. The number of H-pyrrole nitrogens is 1. The standard InChI is InChI=1S/C15H13N5O2S2/c16-13(22)9-4-1-2-5-10(9)17-12(21)8-24-15-18-14(19-20-15)11-6-3-7-23-11/h1-7H,8H2,(H2,16,22)(H,17,21)(H,18,19,20). The number of aromatic nitrogens is 3. The van der Waals surface area contributed by atoms with Gasteiger partial charge in [-0.05, 0) is 23.6 Å². The van der Waals surface area contributed by atoms with Crippen LogP contribution >= 0.6 is 23.1 Å². The zero-order valence-electron chi connectivity index (χ0n) is 12.4. The van der Waals surface area contributed by atoms with Crippen molar-refractivity contribution < 1.29 is 9.59 Å². The predicted octanol–water partition coefficient (Wildman–Crippen LogP) is 2.36. The van der Waals surface area contributed by atoms with Crippen LogP contribution in [-0.2, 0) is 4.79 Å². The molecule has 9 heteroatoms. The Morgan fingerprint density at radius 2 is 2.08 bits per heavy atom. The molecule has 0 fully saturated rings. The fourth-order valence-electron chi connectivity index (χ4n) is 1.96. The first-order valence-corrected chi connectivity index (χ1v) is 8.78. The molecule has 0 atom stereocenters. The van der Waals surface area contributed by atoms with Crippen LogP contribution in [0.15, 0.2) is 46.9 Å².